The molecule has 1 saturated carbocycles. The van der Waals surface area contributed by atoms with Crippen molar-refractivity contribution >= 4 is 40.4 Å². The standard InChI is InChI=1S/C21H24Cl2N6/c22-14-4-1-3-13(19(14)23)18-15(24)11-17(29-20(18)26-12-27-29)28-9-7-21(8-10-28)6-2-5-16(21)25/h1,3-4,11-12,16H,2,5-10,24-25H2. The van der Waals surface area contributed by atoms with Crippen LogP contribution in [0.3, 0.4) is 0 Å². The first-order valence-corrected chi connectivity index (χ1v) is 10.8. The number of piperidine rings is 1. The number of nitrogen functional groups attached to an aromatic ring is 1. The molecule has 1 saturated heterocycles. The summed E-state index contributed by atoms with van der Waals surface area (Å²) >= 11 is 12.7. The number of aromatic nitrogens is 3. The zero-order chi connectivity index (χ0) is 20.2. The number of anilines is 2. The van der Waals surface area contributed by atoms with Crippen LogP contribution < -0.4 is 16.4 Å². The van der Waals surface area contributed by atoms with Gasteiger partial charge >= 0.3 is 0 Å². The highest BCUT2D eigenvalue weighted by molar-refractivity contribution is 6.44. The van der Waals surface area contributed by atoms with Gasteiger partial charge in [-0.3, -0.25) is 0 Å². The van der Waals surface area contributed by atoms with Crippen molar-refractivity contribution in [2.75, 3.05) is 23.7 Å². The lowest BCUT2D eigenvalue weighted by molar-refractivity contribution is 0.197. The number of halogens is 2. The minimum atomic E-state index is 0.303. The van der Waals surface area contributed by atoms with Gasteiger partial charge in [-0.15, -0.1) is 0 Å². The summed E-state index contributed by atoms with van der Waals surface area (Å²) < 4.78 is 1.86. The van der Waals surface area contributed by atoms with Crippen molar-refractivity contribution in [1.82, 2.24) is 14.6 Å². The van der Waals surface area contributed by atoms with Crippen molar-refractivity contribution in [2.24, 2.45) is 11.1 Å². The normalized spacial score (nSPS) is 21.3. The number of rotatable bonds is 2. The summed E-state index contributed by atoms with van der Waals surface area (Å²) in [7, 11) is 0. The summed E-state index contributed by atoms with van der Waals surface area (Å²) in [5.41, 5.74) is 16.1. The predicted octanol–water partition coefficient (Wildman–Crippen LogP) is 4.38. The Balaban J connectivity index is 1.54. The molecule has 0 radical (unpaired) electrons. The maximum absolute atomic E-state index is 6.51. The first-order chi connectivity index (χ1) is 14.0. The van der Waals surface area contributed by atoms with E-state index < -0.39 is 0 Å². The van der Waals surface area contributed by atoms with E-state index in [0.717, 1.165) is 49.3 Å². The Morgan fingerprint density at radius 3 is 2.66 bits per heavy atom. The third kappa shape index (κ3) is 2.97. The van der Waals surface area contributed by atoms with E-state index in [1.807, 2.05) is 22.7 Å². The highest BCUT2D eigenvalue weighted by Gasteiger charge is 2.43. The number of fused-ring (bicyclic) bond motifs is 1. The highest BCUT2D eigenvalue weighted by atomic mass is 35.5. The van der Waals surface area contributed by atoms with Gasteiger partial charge in [0.15, 0.2) is 5.65 Å². The third-order valence-corrected chi connectivity index (χ3v) is 7.66. The van der Waals surface area contributed by atoms with E-state index in [0.29, 0.717) is 32.8 Å². The van der Waals surface area contributed by atoms with Crippen molar-refractivity contribution in [2.45, 2.75) is 38.1 Å². The van der Waals surface area contributed by atoms with Crippen LogP contribution in [-0.2, 0) is 0 Å². The molecule has 3 heterocycles. The van der Waals surface area contributed by atoms with Gasteiger partial charge < -0.3 is 16.4 Å². The first-order valence-electron chi connectivity index (χ1n) is 10.1. The van der Waals surface area contributed by atoms with Crippen LogP contribution in [-0.4, -0.2) is 33.7 Å². The number of pyridine rings is 1. The van der Waals surface area contributed by atoms with Gasteiger partial charge in [0.05, 0.1) is 15.6 Å². The smallest absolute Gasteiger partial charge is 0.167 e. The monoisotopic (exact) mass is 430 g/mol. The van der Waals surface area contributed by atoms with Gasteiger partial charge in [0.1, 0.15) is 12.1 Å². The summed E-state index contributed by atoms with van der Waals surface area (Å²) in [6.45, 7) is 1.89. The first kappa shape index (κ1) is 19.0. The number of nitrogens with two attached hydrogens (primary N) is 2. The Labute approximate surface area is 179 Å². The van der Waals surface area contributed by atoms with Crippen LogP contribution in [0.4, 0.5) is 11.5 Å². The molecule has 3 aromatic rings. The predicted molar refractivity (Wildman–Crippen MR) is 119 cm³/mol. The molecule has 1 aromatic carbocycles. The maximum atomic E-state index is 6.51. The second kappa shape index (κ2) is 7.04. The lowest BCUT2D eigenvalue weighted by Gasteiger charge is -2.43. The molecule has 8 heteroatoms. The Morgan fingerprint density at radius 2 is 1.93 bits per heavy atom. The highest BCUT2D eigenvalue weighted by Crippen LogP contribution is 2.46. The van der Waals surface area contributed by atoms with Gasteiger partial charge in [-0.25, -0.2) is 4.98 Å². The quantitative estimate of drug-likeness (QED) is 0.629. The summed E-state index contributed by atoms with van der Waals surface area (Å²) in [6, 6.07) is 7.82. The minimum Gasteiger partial charge on any atom is -0.398 e. The lowest BCUT2D eigenvalue weighted by Crippen LogP contribution is -2.47. The summed E-state index contributed by atoms with van der Waals surface area (Å²) in [6.07, 6.45) is 7.40. The molecular weight excluding hydrogens is 407 g/mol. The molecule has 1 aliphatic heterocycles. The van der Waals surface area contributed by atoms with Crippen LogP contribution >= 0.6 is 23.2 Å². The van der Waals surface area contributed by atoms with Crippen LogP contribution in [0.15, 0.2) is 30.6 Å². The van der Waals surface area contributed by atoms with Crippen molar-refractivity contribution in [1.29, 1.82) is 0 Å². The molecule has 5 rings (SSSR count). The van der Waals surface area contributed by atoms with Crippen molar-refractivity contribution in [3.05, 3.63) is 40.6 Å². The van der Waals surface area contributed by atoms with Crippen LogP contribution in [0, 0.1) is 5.41 Å². The Morgan fingerprint density at radius 1 is 1.14 bits per heavy atom. The van der Waals surface area contributed by atoms with Crippen molar-refractivity contribution in [3.63, 3.8) is 0 Å². The van der Waals surface area contributed by atoms with E-state index in [-0.39, 0.29) is 0 Å². The second-order valence-corrected chi connectivity index (χ2v) is 9.06. The van der Waals surface area contributed by atoms with E-state index in [9.17, 15) is 0 Å². The number of hydrogen-bond acceptors (Lipinski definition) is 5. The molecule has 1 aliphatic carbocycles. The molecule has 1 unspecified atom stereocenters. The van der Waals surface area contributed by atoms with E-state index >= 15 is 0 Å². The topological polar surface area (TPSA) is 85.5 Å². The van der Waals surface area contributed by atoms with Crippen molar-refractivity contribution < 1.29 is 0 Å². The Hall–Kier alpha value is -2.02. The average Bonchev–Trinajstić information content (AvgIpc) is 3.33. The SMILES string of the molecule is Nc1cc(N2CCC3(CCCC3N)CC2)n2ncnc2c1-c1cccc(Cl)c1Cl. The molecule has 29 heavy (non-hydrogen) atoms. The molecule has 152 valence electrons. The fourth-order valence-electron chi connectivity index (χ4n) is 5.15. The Kier molecular flexibility index (Phi) is 4.61. The van der Waals surface area contributed by atoms with Gasteiger partial charge in [0.25, 0.3) is 0 Å². The molecule has 1 spiro atoms. The van der Waals surface area contributed by atoms with Crippen LogP contribution in [0.5, 0.6) is 0 Å². The fraction of sp³-hybridized carbons (Fsp3) is 0.429. The maximum Gasteiger partial charge on any atom is 0.167 e. The summed E-state index contributed by atoms with van der Waals surface area (Å²) in [4.78, 5) is 6.83. The van der Waals surface area contributed by atoms with Crippen LogP contribution in [0.2, 0.25) is 10.0 Å². The van der Waals surface area contributed by atoms with Crippen molar-refractivity contribution in [3.8, 4) is 11.1 Å². The molecule has 2 aliphatic rings. The number of nitrogens with zero attached hydrogens (tertiary/aromatic N) is 4. The summed E-state index contributed by atoms with van der Waals surface area (Å²) in [5.74, 6) is 0.957. The van der Waals surface area contributed by atoms with Gasteiger partial charge in [0.2, 0.25) is 0 Å². The Bertz CT molecular complexity index is 1070. The molecule has 6 nitrogen and oxygen atoms in total. The van der Waals surface area contributed by atoms with Gasteiger partial charge in [0, 0.05) is 36.4 Å². The zero-order valence-corrected chi connectivity index (χ0v) is 17.6. The van der Waals surface area contributed by atoms with Crippen LogP contribution in [0.25, 0.3) is 16.8 Å². The van der Waals surface area contributed by atoms with Gasteiger partial charge in [-0.05, 0) is 37.2 Å². The molecule has 0 amide bonds. The second-order valence-electron chi connectivity index (χ2n) is 8.28. The molecule has 1 atom stereocenters. The molecule has 0 bridgehead atoms. The average molecular weight is 431 g/mol. The molecule has 4 N–H and O–H groups in total. The minimum absolute atomic E-state index is 0.303. The van der Waals surface area contributed by atoms with E-state index in [1.165, 1.54) is 12.8 Å². The lowest BCUT2D eigenvalue weighted by atomic mass is 9.74. The molecular formula is C21H24Cl2N6. The van der Waals surface area contributed by atoms with Gasteiger partial charge in [-0.1, -0.05) is 41.8 Å². The third-order valence-electron chi connectivity index (χ3n) is 6.84. The van der Waals surface area contributed by atoms with Crippen LogP contribution in [0.1, 0.15) is 32.1 Å². The largest absolute Gasteiger partial charge is 0.398 e. The van der Waals surface area contributed by atoms with E-state index in [2.05, 4.69) is 15.0 Å². The van der Waals surface area contributed by atoms with Gasteiger partial charge in [-0.2, -0.15) is 9.61 Å². The van der Waals surface area contributed by atoms with E-state index in [4.69, 9.17) is 34.7 Å². The zero-order valence-electron chi connectivity index (χ0n) is 16.1. The van der Waals surface area contributed by atoms with E-state index in [1.54, 1.807) is 12.4 Å². The summed E-state index contributed by atoms with van der Waals surface area (Å²) in [5, 5.41) is 5.44. The molecule has 2 fully saturated rings. The fourth-order valence-corrected chi connectivity index (χ4v) is 5.54. The number of hydrogen-bond donors (Lipinski definition) is 2. The number of benzene rings is 1. The molecule has 2 aromatic heterocycles.